The fourth-order valence-corrected chi connectivity index (χ4v) is 6.57. The van der Waals surface area contributed by atoms with Crippen molar-refractivity contribution >= 4 is 15.9 Å². The molecule has 0 spiro atoms. The summed E-state index contributed by atoms with van der Waals surface area (Å²) in [5.41, 5.74) is 6.07. The number of hydrogen-bond donors (Lipinski definition) is 1. The molecule has 2 heterocycles. The molecule has 1 unspecified atom stereocenters. The first-order valence-corrected chi connectivity index (χ1v) is 11.8. The lowest BCUT2D eigenvalue weighted by molar-refractivity contribution is -0.137. The zero-order valence-electron chi connectivity index (χ0n) is 16.7. The summed E-state index contributed by atoms with van der Waals surface area (Å²) in [5, 5.41) is 9.41. The maximum atomic E-state index is 13.2. The zero-order chi connectivity index (χ0) is 20.8. The third-order valence-corrected chi connectivity index (χ3v) is 9.15. The van der Waals surface area contributed by atoms with Crippen LogP contribution in [0.5, 0.6) is 0 Å². The van der Waals surface area contributed by atoms with Crippen molar-refractivity contribution in [3.05, 3.63) is 30.3 Å². The third-order valence-electron chi connectivity index (χ3n) is 7.24. The molecule has 4 rings (SSSR count). The second kappa shape index (κ2) is 7.38. The molecule has 156 valence electrons. The highest BCUT2D eigenvalue weighted by Gasteiger charge is 2.56. The number of nitrogens with two attached hydrogens (primary N) is 1. The van der Waals surface area contributed by atoms with E-state index >= 15 is 0 Å². The Kier molecular flexibility index (Phi) is 5.18. The summed E-state index contributed by atoms with van der Waals surface area (Å²) in [5.74, 6) is 0.314. The topological polar surface area (TPSA) is 108 Å². The second-order valence-electron chi connectivity index (χ2n) is 8.60. The minimum atomic E-state index is -3.54. The van der Waals surface area contributed by atoms with Crippen molar-refractivity contribution in [2.24, 2.45) is 17.1 Å². The molecule has 0 bridgehead atoms. The van der Waals surface area contributed by atoms with Crippen molar-refractivity contribution in [2.45, 2.75) is 62.0 Å². The predicted octanol–water partition coefficient (Wildman–Crippen LogP) is 1.71. The van der Waals surface area contributed by atoms with Crippen LogP contribution >= 0.6 is 0 Å². The average Bonchev–Trinajstić information content (AvgIpc) is 3.43. The van der Waals surface area contributed by atoms with E-state index in [1.165, 1.54) is 4.31 Å². The summed E-state index contributed by atoms with van der Waals surface area (Å²) in [6, 6.07) is 9.78. The van der Waals surface area contributed by atoms with E-state index in [1.807, 2.05) is 6.92 Å². The van der Waals surface area contributed by atoms with E-state index in [9.17, 15) is 18.5 Å². The second-order valence-corrected chi connectivity index (χ2v) is 10.5. The number of benzene rings is 1. The van der Waals surface area contributed by atoms with Gasteiger partial charge in [0.25, 0.3) is 0 Å². The molecule has 1 aromatic carbocycles. The Morgan fingerprint density at radius 2 is 1.93 bits per heavy atom. The van der Waals surface area contributed by atoms with Crippen LogP contribution in [0.4, 0.5) is 0 Å². The number of likely N-dealkylation sites (tertiary alicyclic amines) is 1. The van der Waals surface area contributed by atoms with Gasteiger partial charge in [0.1, 0.15) is 6.04 Å². The number of nitrogens with zero attached hydrogens (tertiary/aromatic N) is 3. The molecule has 4 atom stereocenters. The summed E-state index contributed by atoms with van der Waals surface area (Å²) >= 11 is 0. The lowest BCUT2D eigenvalue weighted by atomic mass is 9.70. The summed E-state index contributed by atoms with van der Waals surface area (Å²) in [6.45, 7) is 2.71. The molecule has 2 N–H and O–H groups in total. The highest BCUT2D eigenvalue weighted by Crippen LogP contribution is 2.49. The monoisotopic (exact) mass is 416 g/mol. The largest absolute Gasteiger partial charge is 0.322 e. The standard InChI is InChI=1S/C21H28N4O3S/c1-2-21(19(23)20(26)25-16(14-22)12-15-13-18(15)25)8-10-24(11-9-21)29(27,28)17-6-4-3-5-7-17/h3-7,15-16,18-19H,2,8-13,23H2,1H3/t15-,16+,18+,19?/m1/s1. The van der Waals surface area contributed by atoms with Crippen LogP contribution < -0.4 is 5.73 Å². The number of carbonyl (C=O) groups is 1. The van der Waals surface area contributed by atoms with Crippen molar-refractivity contribution in [1.82, 2.24) is 9.21 Å². The number of fused-ring (bicyclic) bond motifs is 1. The fraction of sp³-hybridized carbons (Fsp3) is 0.619. The fourth-order valence-electron chi connectivity index (χ4n) is 5.11. The maximum Gasteiger partial charge on any atom is 0.243 e. The average molecular weight is 417 g/mol. The Labute approximate surface area is 172 Å². The van der Waals surface area contributed by atoms with Crippen LogP contribution in [-0.4, -0.2) is 54.7 Å². The Morgan fingerprint density at radius 3 is 2.52 bits per heavy atom. The van der Waals surface area contributed by atoms with E-state index in [0.29, 0.717) is 38.3 Å². The summed E-state index contributed by atoms with van der Waals surface area (Å²) in [7, 11) is -3.54. The van der Waals surface area contributed by atoms with Crippen LogP contribution in [-0.2, 0) is 14.8 Å². The molecular formula is C21H28N4O3S. The Hall–Kier alpha value is -1.95. The van der Waals surface area contributed by atoms with Crippen molar-refractivity contribution in [2.75, 3.05) is 13.1 Å². The number of amides is 1. The predicted molar refractivity (Wildman–Crippen MR) is 108 cm³/mol. The van der Waals surface area contributed by atoms with Gasteiger partial charge in [0.15, 0.2) is 0 Å². The molecule has 1 amide bonds. The molecule has 8 heteroatoms. The van der Waals surface area contributed by atoms with E-state index in [4.69, 9.17) is 5.73 Å². The van der Waals surface area contributed by atoms with Crippen molar-refractivity contribution in [1.29, 1.82) is 5.26 Å². The van der Waals surface area contributed by atoms with Gasteiger partial charge in [-0.1, -0.05) is 25.1 Å². The zero-order valence-corrected chi connectivity index (χ0v) is 17.5. The number of carbonyl (C=O) groups excluding carboxylic acids is 1. The molecule has 2 aliphatic heterocycles. The molecule has 29 heavy (non-hydrogen) atoms. The molecule has 3 fully saturated rings. The summed E-state index contributed by atoms with van der Waals surface area (Å²) < 4.78 is 27.3. The molecule has 1 aromatic rings. The van der Waals surface area contributed by atoms with Gasteiger partial charge in [0.05, 0.1) is 17.0 Å². The first-order chi connectivity index (χ1) is 13.8. The quantitative estimate of drug-likeness (QED) is 0.786. The molecule has 1 saturated carbocycles. The van der Waals surface area contributed by atoms with Crippen molar-refractivity contribution in [3.63, 3.8) is 0 Å². The maximum absolute atomic E-state index is 13.2. The molecule has 7 nitrogen and oxygen atoms in total. The molecule has 2 saturated heterocycles. The Morgan fingerprint density at radius 1 is 1.28 bits per heavy atom. The van der Waals surface area contributed by atoms with Crippen LogP contribution in [0.1, 0.15) is 39.0 Å². The number of piperidine rings is 2. The number of hydrogen-bond acceptors (Lipinski definition) is 5. The highest BCUT2D eigenvalue weighted by molar-refractivity contribution is 7.89. The molecule has 0 radical (unpaired) electrons. The van der Waals surface area contributed by atoms with Gasteiger partial charge in [0.2, 0.25) is 15.9 Å². The Bertz CT molecular complexity index is 919. The lowest BCUT2D eigenvalue weighted by Gasteiger charge is -2.45. The summed E-state index contributed by atoms with van der Waals surface area (Å²) in [4.78, 5) is 15.2. The van der Waals surface area contributed by atoms with E-state index in [1.54, 1.807) is 35.2 Å². The first-order valence-electron chi connectivity index (χ1n) is 10.4. The van der Waals surface area contributed by atoms with Crippen molar-refractivity contribution < 1.29 is 13.2 Å². The van der Waals surface area contributed by atoms with Crippen molar-refractivity contribution in [3.8, 4) is 6.07 Å². The van der Waals surface area contributed by atoms with Crippen LogP contribution in [0.2, 0.25) is 0 Å². The van der Waals surface area contributed by atoms with Crippen LogP contribution in [0.3, 0.4) is 0 Å². The van der Waals surface area contributed by atoms with E-state index in [0.717, 1.165) is 12.8 Å². The number of nitriles is 1. The smallest absolute Gasteiger partial charge is 0.243 e. The normalized spacial score (nSPS) is 29.7. The van der Waals surface area contributed by atoms with Crippen LogP contribution in [0.15, 0.2) is 35.2 Å². The minimum absolute atomic E-state index is 0.136. The highest BCUT2D eigenvalue weighted by atomic mass is 32.2. The molecule has 1 aliphatic carbocycles. The lowest BCUT2D eigenvalue weighted by Crippen LogP contribution is -2.58. The van der Waals surface area contributed by atoms with Crippen LogP contribution in [0, 0.1) is 22.7 Å². The van der Waals surface area contributed by atoms with Gasteiger partial charge >= 0.3 is 0 Å². The molecular weight excluding hydrogens is 388 g/mol. The summed E-state index contributed by atoms with van der Waals surface area (Å²) in [6.07, 6.45) is 3.52. The SMILES string of the molecule is CCC1(C(N)C(=O)N2[C@H](C#N)C[C@@H]3C[C@@H]32)CCN(S(=O)(=O)c2ccccc2)CC1. The van der Waals surface area contributed by atoms with Gasteiger partial charge in [-0.2, -0.15) is 9.57 Å². The Balaban J connectivity index is 1.48. The van der Waals surface area contributed by atoms with Crippen LogP contribution in [0.25, 0.3) is 0 Å². The van der Waals surface area contributed by atoms with Gasteiger partial charge in [0, 0.05) is 19.1 Å². The number of rotatable bonds is 5. The van der Waals surface area contributed by atoms with E-state index in [-0.39, 0.29) is 22.9 Å². The van der Waals surface area contributed by atoms with Gasteiger partial charge in [-0.25, -0.2) is 8.42 Å². The first kappa shape index (κ1) is 20.3. The van der Waals surface area contributed by atoms with Gasteiger partial charge < -0.3 is 10.6 Å². The third kappa shape index (κ3) is 3.35. The number of sulfonamides is 1. The molecule has 3 aliphatic rings. The van der Waals surface area contributed by atoms with Gasteiger partial charge in [-0.05, 0) is 55.6 Å². The molecule has 0 aromatic heterocycles. The minimum Gasteiger partial charge on any atom is -0.322 e. The van der Waals surface area contributed by atoms with E-state index < -0.39 is 21.5 Å². The van der Waals surface area contributed by atoms with Gasteiger partial charge in [-0.15, -0.1) is 0 Å². The van der Waals surface area contributed by atoms with E-state index in [2.05, 4.69) is 6.07 Å². The van der Waals surface area contributed by atoms with Gasteiger partial charge in [-0.3, -0.25) is 4.79 Å².